The van der Waals surface area contributed by atoms with Crippen molar-refractivity contribution in [3.63, 3.8) is 0 Å². The molecule has 0 aromatic rings. The first-order chi connectivity index (χ1) is 37.3. The molecule has 78 heavy (non-hydrogen) atoms. The molecule has 0 aromatic heterocycles. The number of unbranched alkanes of at least 4 members (excludes halogenated alkanes) is 27. The minimum atomic E-state index is -1.63. The summed E-state index contributed by atoms with van der Waals surface area (Å²) in [6.07, 6.45) is 36.0. The van der Waals surface area contributed by atoms with E-state index in [4.69, 9.17) is 24.7 Å². The van der Waals surface area contributed by atoms with E-state index in [2.05, 4.69) is 83.8 Å². The number of nitrogens with one attached hydrogen (secondary N) is 1. The van der Waals surface area contributed by atoms with Crippen LogP contribution in [0.25, 0.3) is 0 Å². The molecule has 2 unspecified atom stereocenters. The standard InChI is InChI=1S/C33H63NO6S.C19H37NO3.CH2O12.CH4/c1-3-5-7-9-11-13-15-17-19-21-27-39-31(35)23-25-34(30(29-41)33(37)38)26-24-32(36)40-28-22-20-18-16-14-12-10-8-6-4-2;1-4-5-6-7-8-9-10-11-12-13-16-23-19(22)14-15-20-17(2)18(3)21;2-1(5-9-11-7-3)6-10-13-12-8-4;/h30,41H,3-29H2,1-2H3,(H,37,38);17,20H,4-16H2,1-3H3;3-4H;1H4. The number of aliphatic carboxylic acids is 1. The molecule has 24 heteroatoms. The van der Waals surface area contributed by atoms with E-state index in [-0.39, 0.29) is 68.8 Å². The van der Waals surface area contributed by atoms with Crippen LogP contribution < -0.4 is 5.32 Å². The van der Waals surface area contributed by atoms with Crippen LogP contribution in [0.5, 0.6) is 0 Å². The van der Waals surface area contributed by atoms with Crippen molar-refractivity contribution in [3.05, 3.63) is 0 Å². The first-order valence-corrected chi connectivity index (χ1v) is 29.1. The summed E-state index contributed by atoms with van der Waals surface area (Å²) in [5.41, 5.74) is 0. The zero-order chi connectivity index (χ0) is 57.7. The third-order valence-electron chi connectivity index (χ3n) is 12.1. The molecule has 464 valence electrons. The van der Waals surface area contributed by atoms with E-state index in [0.717, 1.165) is 51.4 Å². The maximum absolute atomic E-state index is 12.2. The van der Waals surface area contributed by atoms with Gasteiger partial charge in [-0.1, -0.05) is 202 Å². The van der Waals surface area contributed by atoms with Crippen LogP contribution in [0, 0.1) is 0 Å². The van der Waals surface area contributed by atoms with Gasteiger partial charge in [-0.15, -0.1) is 0 Å². The van der Waals surface area contributed by atoms with Gasteiger partial charge in [-0.05, 0) is 48.2 Å². The highest BCUT2D eigenvalue weighted by Crippen LogP contribution is 2.14. The summed E-state index contributed by atoms with van der Waals surface area (Å²) in [4.78, 5) is 77.4. The van der Waals surface area contributed by atoms with E-state index in [9.17, 15) is 33.9 Å². The third-order valence-corrected chi connectivity index (χ3v) is 12.5. The molecule has 0 saturated heterocycles. The maximum atomic E-state index is 12.2. The highest BCUT2D eigenvalue weighted by atomic mass is 32.1. The van der Waals surface area contributed by atoms with Gasteiger partial charge in [-0.25, -0.2) is 20.3 Å². The molecular weight excluding hydrogens is 1040 g/mol. The molecule has 4 N–H and O–H groups in total. The first-order valence-electron chi connectivity index (χ1n) is 28.5. The number of ether oxygens (including phenoxy) is 3. The molecule has 2 atom stereocenters. The number of nitrogens with zero attached hydrogens (tertiary/aromatic N) is 1. The Morgan fingerprint density at radius 3 is 1.09 bits per heavy atom. The zero-order valence-corrected chi connectivity index (χ0v) is 48.4. The SMILES string of the molecule is C.CCCCCCCCCCCCOC(=O)CCN(CCC(=O)OCCCCCCCCCCCC)C(CS)C(=O)O.CCCCCCCCCCCCOC(=O)CCNC(C)C(C)=O.O=C(OOOOO)OOOOOO. The number of hydrogen-bond acceptors (Lipinski definition) is 23. The molecule has 0 fully saturated rings. The van der Waals surface area contributed by atoms with Crippen LogP contribution in [0.1, 0.15) is 254 Å². The van der Waals surface area contributed by atoms with Crippen LogP contribution >= 0.6 is 12.6 Å². The lowest BCUT2D eigenvalue weighted by atomic mass is 10.1. The van der Waals surface area contributed by atoms with Gasteiger partial charge >= 0.3 is 30.0 Å². The number of Topliss-reactive ketones (excluding diaryl/α,β-unsaturated/α-hetero) is 1. The van der Waals surface area contributed by atoms with Gasteiger partial charge < -0.3 is 24.6 Å². The van der Waals surface area contributed by atoms with Crippen LogP contribution in [0.4, 0.5) is 4.79 Å². The van der Waals surface area contributed by atoms with Crippen molar-refractivity contribution >= 4 is 48.4 Å². The van der Waals surface area contributed by atoms with E-state index in [1.165, 1.54) is 141 Å². The molecule has 0 radical (unpaired) electrons. The molecule has 0 aliphatic heterocycles. The lowest BCUT2D eigenvalue weighted by molar-refractivity contribution is -0.749. The summed E-state index contributed by atoms with van der Waals surface area (Å²) in [7, 11) is 0. The third kappa shape index (κ3) is 63.6. The Morgan fingerprint density at radius 1 is 0.474 bits per heavy atom. The number of esters is 3. The normalized spacial score (nSPS) is 11.5. The second-order valence-corrected chi connectivity index (χ2v) is 19.1. The Bertz CT molecular complexity index is 1320. The van der Waals surface area contributed by atoms with Crippen LogP contribution in [-0.2, 0) is 83.2 Å². The second kappa shape index (κ2) is 66.2. The number of hydrogen-bond donors (Lipinski definition) is 5. The van der Waals surface area contributed by atoms with Crippen LogP contribution in [-0.4, -0.2) is 114 Å². The maximum Gasteiger partial charge on any atom is 0.577 e. The smallest absolute Gasteiger partial charge is 0.480 e. The van der Waals surface area contributed by atoms with Crippen molar-refractivity contribution in [2.75, 3.05) is 45.2 Å². The Kier molecular flexibility index (Phi) is 69.0. The van der Waals surface area contributed by atoms with Crippen LogP contribution in [0.15, 0.2) is 0 Å². The Balaban J connectivity index is -0.000000616. The largest absolute Gasteiger partial charge is 0.577 e. The Hall–Kier alpha value is -3.27. The fraction of sp³-hybridized carbons (Fsp3) is 0.889. The molecule has 0 bridgehead atoms. The van der Waals surface area contributed by atoms with E-state index >= 15 is 0 Å². The van der Waals surface area contributed by atoms with Gasteiger partial charge in [0.25, 0.3) is 0 Å². The number of rotatable bonds is 54. The van der Waals surface area contributed by atoms with Crippen molar-refractivity contribution < 1.29 is 104 Å². The fourth-order valence-electron chi connectivity index (χ4n) is 7.45. The first kappa shape index (κ1) is 81.2. The molecule has 23 nitrogen and oxygen atoms in total. The van der Waals surface area contributed by atoms with Gasteiger partial charge in [0.15, 0.2) is 0 Å². The molecule has 0 aliphatic carbocycles. The zero-order valence-electron chi connectivity index (χ0n) is 47.5. The van der Waals surface area contributed by atoms with E-state index < -0.39 is 18.2 Å². The number of carbonyl (C=O) groups is 6. The fourth-order valence-corrected chi connectivity index (χ4v) is 7.84. The average molecular weight is 1150 g/mol. The molecule has 0 aliphatic rings. The van der Waals surface area contributed by atoms with Crippen molar-refractivity contribution in [1.29, 1.82) is 0 Å². The topological polar surface area (TPSA) is 289 Å². The molecule has 0 aromatic carbocycles. The molecule has 0 heterocycles. The van der Waals surface area contributed by atoms with Crippen LogP contribution in [0.3, 0.4) is 0 Å². The number of thiol groups is 1. The lowest BCUT2D eigenvalue weighted by Gasteiger charge is -2.27. The van der Waals surface area contributed by atoms with Gasteiger partial charge in [-0.3, -0.25) is 28.9 Å². The second-order valence-electron chi connectivity index (χ2n) is 18.7. The van der Waals surface area contributed by atoms with Gasteiger partial charge in [-0.2, -0.15) is 17.4 Å². The van der Waals surface area contributed by atoms with Crippen LogP contribution in [0.2, 0.25) is 0 Å². The predicted octanol–water partition coefficient (Wildman–Crippen LogP) is 13.0. The monoisotopic (exact) mass is 1150 g/mol. The summed E-state index contributed by atoms with van der Waals surface area (Å²) in [6, 6.07) is -1.06. The van der Waals surface area contributed by atoms with Crippen molar-refractivity contribution in [2.24, 2.45) is 0 Å². The van der Waals surface area contributed by atoms with Crippen molar-refractivity contribution in [1.82, 2.24) is 10.2 Å². The Morgan fingerprint density at radius 2 is 0.782 bits per heavy atom. The van der Waals surface area contributed by atoms with Crippen molar-refractivity contribution in [2.45, 2.75) is 266 Å². The van der Waals surface area contributed by atoms with E-state index in [1.54, 1.807) is 18.7 Å². The van der Waals surface area contributed by atoms with Gasteiger partial charge in [0.1, 0.15) is 11.8 Å². The predicted molar refractivity (Wildman–Crippen MR) is 294 cm³/mol. The summed E-state index contributed by atoms with van der Waals surface area (Å²) in [6.45, 7) is 12.3. The molecule has 0 spiro atoms. The van der Waals surface area contributed by atoms with Crippen molar-refractivity contribution in [3.8, 4) is 0 Å². The quantitative estimate of drug-likeness (QED) is 0.00944. The average Bonchev–Trinajstić information content (AvgIpc) is 3.41. The number of carbonyl (C=O) groups excluding carboxylic acids is 5. The van der Waals surface area contributed by atoms with Gasteiger partial charge in [0.2, 0.25) is 0 Å². The molecule has 0 amide bonds. The van der Waals surface area contributed by atoms with Gasteiger partial charge in [0, 0.05) is 45.5 Å². The Labute approximate surface area is 472 Å². The highest BCUT2D eigenvalue weighted by molar-refractivity contribution is 7.80. The minimum Gasteiger partial charge on any atom is -0.480 e. The minimum absolute atomic E-state index is 0. The lowest BCUT2D eigenvalue weighted by Crippen LogP contribution is -2.44. The summed E-state index contributed by atoms with van der Waals surface area (Å²) < 4.78 is 15.9. The highest BCUT2D eigenvalue weighted by Gasteiger charge is 2.26. The van der Waals surface area contributed by atoms with E-state index in [0.29, 0.717) is 32.8 Å². The van der Waals surface area contributed by atoms with E-state index in [1.807, 2.05) is 0 Å². The summed E-state index contributed by atoms with van der Waals surface area (Å²) >= 11 is 4.18. The summed E-state index contributed by atoms with van der Waals surface area (Å²) in [5, 5.41) is 49.4. The summed E-state index contributed by atoms with van der Waals surface area (Å²) in [5.74, 6) is -1.68. The number of ketones is 1. The number of carboxylic acid groups (broad SMARTS) is 1. The van der Waals surface area contributed by atoms with Gasteiger partial charge in [0.05, 0.1) is 45.1 Å². The molecule has 0 rings (SSSR count). The number of carboxylic acids is 1. The molecular formula is C54H106N2O21S. The molecule has 0 saturated carbocycles.